The molecular formula is C19H24N6O. The minimum Gasteiger partial charge on any atom is -0.497 e. The highest BCUT2D eigenvalue weighted by Crippen LogP contribution is 2.30. The fraction of sp³-hybridized carbons (Fsp3) is 0.474. The Morgan fingerprint density at radius 2 is 1.85 bits per heavy atom. The number of hydrogen-bond acceptors (Lipinski definition) is 6. The number of ether oxygens (including phenoxy) is 1. The molecule has 7 nitrogen and oxygen atoms in total. The minimum atomic E-state index is 0.639. The van der Waals surface area contributed by atoms with Crippen molar-refractivity contribution in [1.82, 2.24) is 25.0 Å². The number of hydrogen-bond donors (Lipinski definition) is 1. The van der Waals surface area contributed by atoms with E-state index >= 15 is 0 Å². The molecule has 1 aromatic carbocycles. The normalized spacial score (nSPS) is 20.4. The fourth-order valence-electron chi connectivity index (χ4n) is 3.69. The lowest BCUT2D eigenvalue weighted by Crippen LogP contribution is -2.22. The maximum absolute atomic E-state index is 5.79. The highest BCUT2D eigenvalue weighted by molar-refractivity contribution is 5.70. The molecule has 0 amide bonds. The Morgan fingerprint density at radius 1 is 1.12 bits per heavy atom. The quantitative estimate of drug-likeness (QED) is 0.758. The van der Waals surface area contributed by atoms with Gasteiger partial charge in [0.2, 0.25) is 0 Å². The van der Waals surface area contributed by atoms with E-state index < -0.39 is 0 Å². The SMILES string of the molecule is COc1ccc(-n2nnc3cnc(CC4CCC(CN)CC4)nc32)cc1. The molecule has 0 radical (unpaired) electrons. The van der Waals surface area contributed by atoms with Crippen LogP contribution in [0.3, 0.4) is 0 Å². The average Bonchev–Trinajstić information content (AvgIpc) is 3.12. The third-order valence-electron chi connectivity index (χ3n) is 5.33. The Labute approximate surface area is 152 Å². The van der Waals surface area contributed by atoms with E-state index in [9.17, 15) is 0 Å². The lowest BCUT2D eigenvalue weighted by atomic mass is 9.80. The van der Waals surface area contributed by atoms with Crippen molar-refractivity contribution in [3.8, 4) is 11.4 Å². The number of aromatic nitrogens is 5. The number of nitrogens with two attached hydrogens (primary N) is 1. The average molecular weight is 352 g/mol. The first-order valence-corrected chi connectivity index (χ1v) is 9.18. The zero-order valence-corrected chi connectivity index (χ0v) is 15.0. The van der Waals surface area contributed by atoms with E-state index in [4.69, 9.17) is 15.5 Å². The van der Waals surface area contributed by atoms with Crippen molar-refractivity contribution < 1.29 is 4.74 Å². The van der Waals surface area contributed by atoms with E-state index in [1.54, 1.807) is 18.0 Å². The summed E-state index contributed by atoms with van der Waals surface area (Å²) in [5, 5.41) is 8.43. The third-order valence-corrected chi connectivity index (χ3v) is 5.33. The molecule has 0 unspecified atom stereocenters. The van der Waals surface area contributed by atoms with Crippen LogP contribution >= 0.6 is 0 Å². The topological polar surface area (TPSA) is 91.7 Å². The Hall–Kier alpha value is -2.54. The summed E-state index contributed by atoms with van der Waals surface area (Å²) in [7, 11) is 1.65. The molecule has 7 heteroatoms. The molecule has 3 aromatic rings. The fourth-order valence-corrected chi connectivity index (χ4v) is 3.69. The van der Waals surface area contributed by atoms with Gasteiger partial charge in [0.25, 0.3) is 0 Å². The molecule has 4 rings (SSSR count). The van der Waals surface area contributed by atoms with Crippen LogP contribution in [-0.2, 0) is 6.42 Å². The standard InChI is InChI=1S/C19H24N6O/c1-26-16-8-6-15(7-9-16)25-19-17(23-24-25)12-21-18(22-19)10-13-2-4-14(11-20)5-3-13/h6-9,12-14H,2-5,10-11,20H2,1H3. The van der Waals surface area contributed by atoms with E-state index in [1.165, 1.54) is 25.7 Å². The zero-order valence-electron chi connectivity index (χ0n) is 15.0. The van der Waals surface area contributed by atoms with E-state index in [0.29, 0.717) is 17.4 Å². The molecule has 0 bridgehead atoms. The van der Waals surface area contributed by atoms with Gasteiger partial charge in [-0.3, -0.25) is 0 Å². The van der Waals surface area contributed by atoms with Gasteiger partial charge in [0.1, 0.15) is 11.6 Å². The summed E-state index contributed by atoms with van der Waals surface area (Å²) in [5.74, 6) is 3.00. The van der Waals surface area contributed by atoms with Gasteiger partial charge in [-0.15, -0.1) is 5.10 Å². The van der Waals surface area contributed by atoms with Gasteiger partial charge in [-0.25, -0.2) is 9.97 Å². The molecule has 136 valence electrons. The summed E-state index contributed by atoms with van der Waals surface area (Å²) >= 11 is 0. The molecule has 2 N–H and O–H groups in total. The van der Waals surface area contributed by atoms with Crippen molar-refractivity contribution in [2.45, 2.75) is 32.1 Å². The highest BCUT2D eigenvalue weighted by atomic mass is 16.5. The number of benzene rings is 1. The lowest BCUT2D eigenvalue weighted by Gasteiger charge is -2.27. The smallest absolute Gasteiger partial charge is 0.187 e. The molecule has 1 fully saturated rings. The Balaban J connectivity index is 1.56. The second-order valence-electron chi connectivity index (χ2n) is 7.02. The molecular weight excluding hydrogens is 328 g/mol. The van der Waals surface area contributed by atoms with Crippen LogP contribution in [0.4, 0.5) is 0 Å². The molecule has 0 aliphatic heterocycles. The van der Waals surface area contributed by atoms with E-state index in [0.717, 1.165) is 35.9 Å². The van der Waals surface area contributed by atoms with Gasteiger partial charge in [0.15, 0.2) is 11.2 Å². The maximum atomic E-state index is 5.79. The molecule has 2 aromatic heterocycles. The largest absolute Gasteiger partial charge is 0.497 e. The first kappa shape index (κ1) is 16.9. The van der Waals surface area contributed by atoms with Crippen LogP contribution in [-0.4, -0.2) is 38.6 Å². The zero-order chi connectivity index (χ0) is 17.9. The van der Waals surface area contributed by atoms with Gasteiger partial charge in [-0.05, 0) is 68.3 Å². The van der Waals surface area contributed by atoms with Gasteiger partial charge in [-0.2, -0.15) is 4.68 Å². The van der Waals surface area contributed by atoms with Crippen LogP contribution in [0.15, 0.2) is 30.5 Å². The predicted octanol–water partition coefficient (Wildman–Crippen LogP) is 2.53. The molecule has 1 saturated carbocycles. The minimum absolute atomic E-state index is 0.639. The molecule has 1 aliphatic carbocycles. The van der Waals surface area contributed by atoms with Gasteiger partial charge in [0, 0.05) is 6.42 Å². The number of methoxy groups -OCH3 is 1. The number of fused-ring (bicyclic) bond motifs is 1. The van der Waals surface area contributed by atoms with Crippen molar-refractivity contribution in [1.29, 1.82) is 0 Å². The van der Waals surface area contributed by atoms with Crippen LogP contribution < -0.4 is 10.5 Å². The van der Waals surface area contributed by atoms with E-state index in [1.807, 2.05) is 24.3 Å². The van der Waals surface area contributed by atoms with Crippen molar-refractivity contribution in [2.24, 2.45) is 17.6 Å². The first-order valence-electron chi connectivity index (χ1n) is 9.18. The van der Waals surface area contributed by atoms with Crippen molar-refractivity contribution in [3.63, 3.8) is 0 Å². The summed E-state index contributed by atoms with van der Waals surface area (Å²) in [5.41, 5.74) is 8.15. The summed E-state index contributed by atoms with van der Waals surface area (Å²) in [6.45, 7) is 0.807. The van der Waals surface area contributed by atoms with E-state index in [2.05, 4.69) is 15.3 Å². The Bertz CT molecular complexity index is 867. The van der Waals surface area contributed by atoms with Crippen LogP contribution in [0.5, 0.6) is 5.75 Å². The van der Waals surface area contributed by atoms with Crippen LogP contribution in [0.1, 0.15) is 31.5 Å². The summed E-state index contributed by atoms with van der Waals surface area (Å²) in [6.07, 6.45) is 7.53. The van der Waals surface area contributed by atoms with Gasteiger partial charge < -0.3 is 10.5 Å². The lowest BCUT2D eigenvalue weighted by molar-refractivity contribution is 0.276. The van der Waals surface area contributed by atoms with Gasteiger partial charge in [0.05, 0.1) is 19.0 Å². The van der Waals surface area contributed by atoms with Crippen molar-refractivity contribution >= 4 is 11.2 Å². The molecule has 26 heavy (non-hydrogen) atoms. The van der Waals surface area contributed by atoms with Crippen LogP contribution in [0.2, 0.25) is 0 Å². The number of rotatable bonds is 5. The first-order chi connectivity index (χ1) is 12.8. The number of nitrogens with zero attached hydrogens (tertiary/aromatic N) is 5. The Kier molecular flexibility index (Phi) is 4.79. The summed E-state index contributed by atoms with van der Waals surface area (Å²) in [6, 6.07) is 7.70. The molecule has 2 heterocycles. The van der Waals surface area contributed by atoms with Crippen molar-refractivity contribution in [2.75, 3.05) is 13.7 Å². The third kappa shape index (κ3) is 3.39. The predicted molar refractivity (Wildman–Crippen MR) is 99.2 cm³/mol. The van der Waals surface area contributed by atoms with E-state index in [-0.39, 0.29) is 0 Å². The summed E-state index contributed by atoms with van der Waals surface area (Å²) < 4.78 is 6.97. The highest BCUT2D eigenvalue weighted by Gasteiger charge is 2.21. The monoisotopic (exact) mass is 352 g/mol. The molecule has 0 saturated heterocycles. The molecule has 0 atom stereocenters. The van der Waals surface area contributed by atoms with Crippen LogP contribution in [0.25, 0.3) is 16.9 Å². The van der Waals surface area contributed by atoms with Crippen LogP contribution in [0, 0.1) is 11.8 Å². The van der Waals surface area contributed by atoms with Gasteiger partial charge >= 0.3 is 0 Å². The molecule has 0 spiro atoms. The van der Waals surface area contributed by atoms with Crippen molar-refractivity contribution in [3.05, 3.63) is 36.3 Å². The van der Waals surface area contributed by atoms with Gasteiger partial charge in [-0.1, -0.05) is 5.21 Å². The second-order valence-corrected chi connectivity index (χ2v) is 7.02. The maximum Gasteiger partial charge on any atom is 0.187 e. The second kappa shape index (κ2) is 7.37. The Morgan fingerprint density at radius 3 is 2.54 bits per heavy atom. The molecule has 1 aliphatic rings. The summed E-state index contributed by atoms with van der Waals surface area (Å²) in [4.78, 5) is 9.26.